The Morgan fingerprint density at radius 2 is 1.77 bits per heavy atom. The molecule has 3 aliphatic rings. The number of nitrogens with zero attached hydrogens (tertiary/aromatic N) is 2. The average molecular weight is 448 g/mol. The van der Waals surface area contributed by atoms with Gasteiger partial charge in [-0.3, -0.25) is 14.5 Å². The molecule has 0 bridgehead atoms. The molecule has 1 aliphatic carbocycles. The van der Waals surface area contributed by atoms with Gasteiger partial charge in [0.15, 0.2) is 9.84 Å². The van der Waals surface area contributed by atoms with E-state index in [1.165, 1.54) is 0 Å². The number of imide groups is 1. The quantitative estimate of drug-likeness (QED) is 0.692. The van der Waals surface area contributed by atoms with Crippen LogP contribution in [-0.4, -0.2) is 66.2 Å². The molecule has 2 saturated heterocycles. The summed E-state index contributed by atoms with van der Waals surface area (Å²) in [6.45, 7) is 3.20. The van der Waals surface area contributed by atoms with E-state index in [-0.39, 0.29) is 36.0 Å². The van der Waals surface area contributed by atoms with E-state index >= 15 is 0 Å². The van der Waals surface area contributed by atoms with E-state index < -0.39 is 27.3 Å². The third-order valence-corrected chi connectivity index (χ3v) is 8.56. The molecule has 168 valence electrons. The molecule has 4 amide bonds. The predicted molar refractivity (Wildman–Crippen MR) is 115 cm³/mol. The van der Waals surface area contributed by atoms with Gasteiger partial charge < -0.3 is 10.2 Å². The van der Waals surface area contributed by atoms with Crippen molar-refractivity contribution in [3.05, 3.63) is 35.4 Å². The molecule has 8 nitrogen and oxygen atoms in total. The van der Waals surface area contributed by atoms with Crippen LogP contribution in [0.3, 0.4) is 0 Å². The molecular formula is C22H29N3O5S. The number of hydrogen-bond donors (Lipinski definition) is 1. The van der Waals surface area contributed by atoms with Crippen LogP contribution >= 0.6 is 0 Å². The third-order valence-electron chi connectivity index (χ3n) is 6.81. The molecule has 2 heterocycles. The maximum absolute atomic E-state index is 13.3. The molecule has 9 heteroatoms. The molecule has 1 aromatic carbocycles. The van der Waals surface area contributed by atoms with Crippen molar-refractivity contribution in [3.63, 3.8) is 0 Å². The van der Waals surface area contributed by atoms with Gasteiger partial charge in [-0.2, -0.15) is 0 Å². The fraction of sp³-hybridized carbons (Fsp3) is 0.591. The van der Waals surface area contributed by atoms with E-state index in [9.17, 15) is 22.8 Å². The number of amides is 4. The highest BCUT2D eigenvalue weighted by atomic mass is 32.2. The van der Waals surface area contributed by atoms with Crippen LogP contribution in [0.15, 0.2) is 24.3 Å². The molecule has 4 rings (SSSR count). The zero-order valence-electron chi connectivity index (χ0n) is 18.0. The lowest BCUT2D eigenvalue weighted by molar-refractivity contribution is -0.141. The van der Waals surface area contributed by atoms with E-state index in [4.69, 9.17) is 0 Å². The number of nitrogens with one attached hydrogen (secondary N) is 1. The summed E-state index contributed by atoms with van der Waals surface area (Å²) in [4.78, 5) is 41.8. The van der Waals surface area contributed by atoms with Crippen LogP contribution in [0.4, 0.5) is 4.79 Å². The zero-order chi connectivity index (χ0) is 22.4. The SMILES string of the molecule is Cc1ccc([C@]2(C)NC(=O)N(CC(=O)N(C3CCCC3)[C@H]3CCS(=O)(=O)C3)C2=O)cc1. The smallest absolute Gasteiger partial charge is 0.325 e. The highest BCUT2D eigenvalue weighted by molar-refractivity contribution is 7.91. The molecule has 0 unspecified atom stereocenters. The van der Waals surface area contributed by atoms with Crippen molar-refractivity contribution in [3.8, 4) is 0 Å². The highest BCUT2D eigenvalue weighted by Gasteiger charge is 2.50. The Morgan fingerprint density at radius 1 is 1.13 bits per heavy atom. The highest BCUT2D eigenvalue weighted by Crippen LogP contribution is 2.32. The van der Waals surface area contributed by atoms with Crippen molar-refractivity contribution < 1.29 is 22.8 Å². The van der Waals surface area contributed by atoms with E-state index in [0.29, 0.717) is 12.0 Å². The van der Waals surface area contributed by atoms with Crippen LogP contribution in [0.1, 0.15) is 50.2 Å². The van der Waals surface area contributed by atoms with Gasteiger partial charge in [-0.15, -0.1) is 0 Å². The van der Waals surface area contributed by atoms with Crippen LogP contribution < -0.4 is 5.32 Å². The first kappa shape index (κ1) is 21.8. The summed E-state index contributed by atoms with van der Waals surface area (Å²) in [6, 6.07) is 6.32. The van der Waals surface area contributed by atoms with Gasteiger partial charge in [0.25, 0.3) is 5.91 Å². The van der Waals surface area contributed by atoms with Crippen LogP contribution in [0.2, 0.25) is 0 Å². The first-order chi connectivity index (χ1) is 14.6. The fourth-order valence-electron chi connectivity index (χ4n) is 5.02. The van der Waals surface area contributed by atoms with Gasteiger partial charge in [-0.25, -0.2) is 13.2 Å². The molecule has 3 fully saturated rings. The Hall–Kier alpha value is -2.42. The number of aryl methyl sites for hydroxylation is 1. The largest absolute Gasteiger partial charge is 0.334 e. The second-order valence-corrected chi connectivity index (χ2v) is 11.3. The molecule has 31 heavy (non-hydrogen) atoms. The topological polar surface area (TPSA) is 104 Å². The summed E-state index contributed by atoms with van der Waals surface area (Å²) in [5, 5.41) is 2.73. The lowest BCUT2D eigenvalue weighted by Crippen LogP contribution is -2.51. The Bertz CT molecular complexity index is 1000. The molecule has 0 aromatic heterocycles. The minimum atomic E-state index is -3.16. The van der Waals surface area contributed by atoms with Gasteiger partial charge in [0.1, 0.15) is 12.1 Å². The lowest BCUT2D eigenvalue weighted by Gasteiger charge is -2.35. The standard InChI is InChI=1S/C22H29N3O5S/c1-15-7-9-16(10-8-15)22(2)20(27)24(21(28)23-22)13-19(26)25(17-5-3-4-6-17)18-11-12-31(29,30)14-18/h7-10,17-18H,3-6,11-14H2,1-2H3,(H,23,28)/t18-,22-/m0/s1. The van der Waals surface area contributed by atoms with Crippen molar-refractivity contribution in [2.45, 2.75) is 63.6 Å². The van der Waals surface area contributed by atoms with Gasteiger partial charge in [-0.1, -0.05) is 42.7 Å². The first-order valence-electron chi connectivity index (χ1n) is 10.8. The summed E-state index contributed by atoms with van der Waals surface area (Å²) in [5.74, 6) is -0.801. The van der Waals surface area contributed by atoms with Crippen molar-refractivity contribution in [1.82, 2.24) is 15.1 Å². The van der Waals surface area contributed by atoms with Gasteiger partial charge in [0, 0.05) is 12.1 Å². The van der Waals surface area contributed by atoms with Crippen molar-refractivity contribution in [1.29, 1.82) is 0 Å². The second kappa shape index (κ2) is 7.93. The molecule has 2 atom stereocenters. The zero-order valence-corrected chi connectivity index (χ0v) is 18.8. The summed E-state index contributed by atoms with van der Waals surface area (Å²) < 4.78 is 24.1. The predicted octanol–water partition coefficient (Wildman–Crippen LogP) is 1.72. The Balaban J connectivity index is 1.55. The maximum atomic E-state index is 13.3. The summed E-state index contributed by atoms with van der Waals surface area (Å²) >= 11 is 0. The normalized spacial score (nSPS) is 28.2. The number of carbonyl (C=O) groups excluding carboxylic acids is 3. The van der Waals surface area contributed by atoms with Crippen molar-refractivity contribution >= 4 is 27.7 Å². The Labute approximate surface area is 182 Å². The lowest BCUT2D eigenvalue weighted by atomic mass is 9.91. The maximum Gasteiger partial charge on any atom is 0.325 e. The third kappa shape index (κ3) is 4.07. The van der Waals surface area contributed by atoms with E-state index in [2.05, 4.69) is 5.32 Å². The van der Waals surface area contributed by atoms with Gasteiger partial charge >= 0.3 is 6.03 Å². The molecule has 0 radical (unpaired) electrons. The molecule has 0 spiro atoms. The molecule has 1 aromatic rings. The summed E-state index contributed by atoms with van der Waals surface area (Å²) in [5.41, 5.74) is 0.454. The Morgan fingerprint density at radius 3 is 2.35 bits per heavy atom. The minimum absolute atomic E-state index is 0.0324. The second-order valence-electron chi connectivity index (χ2n) is 9.11. The van der Waals surface area contributed by atoms with Crippen LogP contribution in [0.25, 0.3) is 0 Å². The van der Waals surface area contributed by atoms with E-state index in [1.54, 1.807) is 24.0 Å². The molecule has 1 saturated carbocycles. The van der Waals surface area contributed by atoms with Gasteiger partial charge in [0.05, 0.1) is 11.5 Å². The minimum Gasteiger partial charge on any atom is -0.334 e. The van der Waals surface area contributed by atoms with Crippen LogP contribution in [0.5, 0.6) is 0 Å². The molecule has 2 aliphatic heterocycles. The monoisotopic (exact) mass is 447 g/mol. The summed E-state index contributed by atoms with van der Waals surface area (Å²) in [7, 11) is -3.16. The Kier molecular flexibility index (Phi) is 5.57. The fourth-order valence-corrected chi connectivity index (χ4v) is 6.73. The van der Waals surface area contributed by atoms with Crippen molar-refractivity contribution in [2.24, 2.45) is 0 Å². The van der Waals surface area contributed by atoms with Crippen LogP contribution in [0, 0.1) is 6.92 Å². The van der Waals surface area contributed by atoms with E-state index in [0.717, 1.165) is 36.1 Å². The van der Waals surface area contributed by atoms with Crippen LogP contribution in [-0.2, 0) is 25.0 Å². The average Bonchev–Trinajstić information content (AvgIpc) is 3.40. The number of rotatable bonds is 5. The van der Waals surface area contributed by atoms with Gasteiger partial charge in [-0.05, 0) is 38.7 Å². The van der Waals surface area contributed by atoms with Crippen molar-refractivity contribution in [2.75, 3.05) is 18.1 Å². The number of sulfone groups is 1. The number of benzene rings is 1. The molecule has 1 N–H and O–H groups in total. The number of urea groups is 1. The number of carbonyl (C=O) groups is 3. The van der Waals surface area contributed by atoms with E-state index in [1.807, 2.05) is 19.1 Å². The number of hydrogen-bond acceptors (Lipinski definition) is 5. The van der Waals surface area contributed by atoms with Gasteiger partial charge in [0.2, 0.25) is 5.91 Å². The molecular weight excluding hydrogens is 418 g/mol. The first-order valence-corrected chi connectivity index (χ1v) is 12.7. The summed E-state index contributed by atoms with van der Waals surface area (Å²) in [6.07, 6.45) is 4.03.